The van der Waals surface area contributed by atoms with E-state index in [1.54, 1.807) is 6.92 Å². The summed E-state index contributed by atoms with van der Waals surface area (Å²) in [7, 11) is 0. The van der Waals surface area contributed by atoms with Crippen molar-refractivity contribution in [3.05, 3.63) is 11.6 Å². The van der Waals surface area contributed by atoms with Crippen LogP contribution in [0.3, 0.4) is 0 Å². The molecule has 6 aliphatic rings. The van der Waals surface area contributed by atoms with Gasteiger partial charge in [-0.05, 0) is 111 Å². The number of fused-ring (bicyclic) bond motifs is 7. The van der Waals surface area contributed by atoms with Gasteiger partial charge in [0.2, 0.25) is 0 Å². The maximum absolute atomic E-state index is 13.0. The molecule has 0 aromatic heterocycles. The number of carboxylic acids is 3. The highest BCUT2D eigenvalue weighted by Gasteiger charge is 2.70. The predicted octanol–water partition coefficient (Wildman–Crippen LogP) is 4.21. The van der Waals surface area contributed by atoms with Crippen molar-refractivity contribution in [1.82, 2.24) is 0 Å². The SMILES string of the molecule is CC1(C)C2CC[C@]3(C)[C@H](CC=C4C5C[C@@](C)(C(=O)O)CC[C@]5(C(=O)O)CC[C@]43C)[C@@]2(C)CC[C@@H]1O[C@@H]1O[C@H](C(=O)O)[C@@H](O)[C@H](O)[C@H]1O. The molecule has 0 amide bonds. The number of ether oxygens (including phenoxy) is 2. The number of aliphatic carboxylic acids is 3. The summed E-state index contributed by atoms with van der Waals surface area (Å²) in [6, 6.07) is 0. The minimum Gasteiger partial charge on any atom is -0.481 e. The smallest absolute Gasteiger partial charge is 0.335 e. The van der Waals surface area contributed by atoms with Crippen LogP contribution in [0.1, 0.15) is 106 Å². The monoisotopic (exact) mass is 662 g/mol. The number of rotatable bonds is 5. The molecule has 47 heavy (non-hydrogen) atoms. The zero-order valence-corrected chi connectivity index (χ0v) is 28.6. The van der Waals surface area contributed by atoms with E-state index in [9.17, 15) is 45.0 Å². The summed E-state index contributed by atoms with van der Waals surface area (Å²) in [5.74, 6) is -2.91. The minimum absolute atomic E-state index is 0.101. The lowest BCUT2D eigenvalue weighted by Gasteiger charge is -2.71. The van der Waals surface area contributed by atoms with Crippen LogP contribution < -0.4 is 0 Å². The lowest BCUT2D eigenvalue weighted by Crippen LogP contribution is -2.66. The standard InChI is InChI=1S/C36H54O11/c1-31(2)20-9-12-35(6)21(33(20,4)11-10-22(31)46-28-25(39)23(37)24(38)26(47-28)27(40)41)8-7-18-19-17-32(3,29(42)43)13-15-36(19,30(44)45)16-14-34(18,35)5/h7,19-26,28,37-39H,8-17H2,1-6H3,(H,40,41)(H,42,43)(H,44,45)/t19?,20?,21-,22+,23+,24+,25-,26+,28-,32+,33+,34-,35-,36+/m1/s1. The number of aliphatic hydroxyl groups is 3. The number of allylic oxidation sites excluding steroid dienone is 2. The van der Waals surface area contributed by atoms with Gasteiger partial charge in [0.1, 0.15) is 18.3 Å². The first-order chi connectivity index (χ1) is 21.7. The Kier molecular flexibility index (Phi) is 8.13. The largest absolute Gasteiger partial charge is 0.481 e. The van der Waals surface area contributed by atoms with Gasteiger partial charge in [-0.2, -0.15) is 0 Å². The van der Waals surface area contributed by atoms with Crippen LogP contribution in [0.25, 0.3) is 0 Å². The van der Waals surface area contributed by atoms with Gasteiger partial charge in [-0.15, -0.1) is 0 Å². The summed E-state index contributed by atoms with van der Waals surface area (Å²) < 4.78 is 11.8. The Hall–Kier alpha value is -2.05. The number of carboxylic acid groups (broad SMARTS) is 3. The van der Waals surface area contributed by atoms with Crippen LogP contribution in [0.15, 0.2) is 11.6 Å². The molecule has 2 unspecified atom stereocenters. The van der Waals surface area contributed by atoms with Crippen LogP contribution in [0.5, 0.6) is 0 Å². The van der Waals surface area contributed by atoms with Crippen LogP contribution in [0.4, 0.5) is 0 Å². The summed E-state index contributed by atoms with van der Waals surface area (Å²) in [4.78, 5) is 37.1. The van der Waals surface area contributed by atoms with Crippen LogP contribution in [-0.4, -0.2) is 85.4 Å². The van der Waals surface area contributed by atoms with E-state index in [1.165, 1.54) is 0 Å². The van der Waals surface area contributed by atoms with Crippen molar-refractivity contribution in [3.8, 4) is 0 Å². The molecule has 11 nitrogen and oxygen atoms in total. The van der Waals surface area contributed by atoms with Crippen molar-refractivity contribution in [2.24, 2.45) is 50.2 Å². The van der Waals surface area contributed by atoms with E-state index in [-0.39, 0.29) is 28.1 Å². The topological polar surface area (TPSA) is 191 Å². The third-order valence-electron chi connectivity index (χ3n) is 15.4. The van der Waals surface area contributed by atoms with E-state index in [2.05, 4.69) is 40.7 Å². The Labute approximate surface area is 276 Å². The fraction of sp³-hybridized carbons (Fsp3) is 0.861. The van der Waals surface area contributed by atoms with Gasteiger partial charge < -0.3 is 40.1 Å². The van der Waals surface area contributed by atoms with Crippen LogP contribution in [0, 0.1) is 50.2 Å². The highest BCUT2D eigenvalue weighted by molar-refractivity contribution is 5.79. The van der Waals surface area contributed by atoms with Gasteiger partial charge in [0.05, 0.1) is 16.9 Å². The lowest BCUT2D eigenvalue weighted by molar-refractivity contribution is -0.324. The van der Waals surface area contributed by atoms with Gasteiger partial charge in [-0.3, -0.25) is 9.59 Å². The Balaban J connectivity index is 1.30. The maximum atomic E-state index is 13.0. The van der Waals surface area contributed by atoms with Crippen LogP contribution >= 0.6 is 0 Å². The second-order valence-corrected chi connectivity index (χ2v) is 17.6. The van der Waals surface area contributed by atoms with Crippen molar-refractivity contribution in [2.45, 2.75) is 143 Å². The van der Waals surface area contributed by atoms with E-state index in [4.69, 9.17) is 9.47 Å². The maximum Gasteiger partial charge on any atom is 0.335 e. The van der Waals surface area contributed by atoms with Crippen LogP contribution in [0.2, 0.25) is 0 Å². The zero-order chi connectivity index (χ0) is 34.7. The summed E-state index contributed by atoms with van der Waals surface area (Å²) >= 11 is 0. The molecule has 0 aromatic rings. The third-order valence-corrected chi connectivity index (χ3v) is 15.4. The van der Waals surface area contributed by atoms with Crippen molar-refractivity contribution >= 4 is 17.9 Å². The molecule has 0 aromatic carbocycles. The zero-order valence-electron chi connectivity index (χ0n) is 28.6. The normalized spacial score (nSPS) is 52.1. The molecule has 1 heterocycles. The lowest BCUT2D eigenvalue weighted by atomic mass is 9.33. The van der Waals surface area contributed by atoms with Gasteiger partial charge in [0, 0.05) is 0 Å². The molecule has 5 fully saturated rings. The molecule has 1 aliphatic heterocycles. The minimum atomic E-state index is -1.78. The second-order valence-electron chi connectivity index (χ2n) is 17.6. The first kappa shape index (κ1) is 34.8. The average molecular weight is 663 g/mol. The Bertz CT molecular complexity index is 1360. The fourth-order valence-electron chi connectivity index (χ4n) is 12.2. The van der Waals surface area contributed by atoms with Crippen molar-refractivity contribution < 1.29 is 54.5 Å². The molecule has 0 spiro atoms. The molecule has 11 heteroatoms. The highest BCUT2D eigenvalue weighted by atomic mass is 16.7. The second kappa shape index (κ2) is 11.0. The van der Waals surface area contributed by atoms with Crippen molar-refractivity contribution in [3.63, 3.8) is 0 Å². The first-order valence-electron chi connectivity index (χ1n) is 17.4. The molecule has 4 saturated carbocycles. The van der Waals surface area contributed by atoms with Crippen molar-refractivity contribution in [1.29, 1.82) is 0 Å². The van der Waals surface area contributed by atoms with Crippen molar-refractivity contribution in [2.75, 3.05) is 0 Å². The Morgan fingerprint density at radius 3 is 2.06 bits per heavy atom. The van der Waals surface area contributed by atoms with Gasteiger partial charge in [-0.25, -0.2) is 4.79 Å². The van der Waals surface area contributed by atoms with Gasteiger partial charge in [0.25, 0.3) is 0 Å². The molecule has 264 valence electrons. The predicted molar refractivity (Wildman–Crippen MR) is 168 cm³/mol. The van der Waals surface area contributed by atoms with Gasteiger partial charge in [0.15, 0.2) is 12.4 Å². The molecular formula is C36H54O11. The van der Waals surface area contributed by atoms with Crippen LogP contribution in [-0.2, 0) is 23.9 Å². The van der Waals surface area contributed by atoms with E-state index in [0.717, 1.165) is 37.7 Å². The first-order valence-corrected chi connectivity index (χ1v) is 17.4. The molecule has 0 radical (unpaired) electrons. The average Bonchev–Trinajstić information content (AvgIpc) is 2.98. The number of hydrogen-bond donors (Lipinski definition) is 6. The number of hydrogen-bond acceptors (Lipinski definition) is 8. The summed E-state index contributed by atoms with van der Waals surface area (Å²) in [6.07, 6.45) is 0.115. The van der Waals surface area contributed by atoms with E-state index in [1.807, 2.05) is 0 Å². The van der Waals surface area contributed by atoms with E-state index < -0.39 is 71.0 Å². The summed E-state index contributed by atoms with van der Waals surface area (Å²) in [5.41, 5.74) is -1.64. The van der Waals surface area contributed by atoms with Gasteiger partial charge in [-0.1, -0.05) is 46.3 Å². The van der Waals surface area contributed by atoms with E-state index in [0.29, 0.717) is 38.0 Å². The summed E-state index contributed by atoms with van der Waals surface area (Å²) in [6.45, 7) is 13.2. The highest BCUT2D eigenvalue weighted by Crippen LogP contribution is 2.76. The quantitative estimate of drug-likeness (QED) is 0.183. The molecule has 14 atom stereocenters. The summed E-state index contributed by atoms with van der Waals surface area (Å²) in [5, 5.41) is 61.5. The molecule has 6 rings (SSSR count). The third kappa shape index (κ3) is 4.65. The van der Waals surface area contributed by atoms with Gasteiger partial charge >= 0.3 is 17.9 Å². The fourth-order valence-corrected chi connectivity index (χ4v) is 12.2. The molecule has 5 aliphatic carbocycles. The molecule has 0 bridgehead atoms. The molecule has 6 N–H and O–H groups in total. The Morgan fingerprint density at radius 2 is 1.45 bits per heavy atom. The Morgan fingerprint density at radius 1 is 0.787 bits per heavy atom. The number of aliphatic hydroxyl groups excluding tert-OH is 3. The molecular weight excluding hydrogens is 608 g/mol. The number of carbonyl (C=O) groups is 3. The van der Waals surface area contributed by atoms with E-state index >= 15 is 0 Å². The molecule has 1 saturated heterocycles.